The molecule has 0 aromatic carbocycles. The van der Waals surface area contributed by atoms with Gasteiger partial charge >= 0.3 is 0 Å². The van der Waals surface area contributed by atoms with Gasteiger partial charge in [-0.2, -0.15) is 0 Å². The van der Waals surface area contributed by atoms with Gasteiger partial charge in [0.1, 0.15) is 0 Å². The highest BCUT2D eigenvalue weighted by Crippen LogP contribution is 2.65. The van der Waals surface area contributed by atoms with E-state index in [1.54, 1.807) is 57.8 Å². The van der Waals surface area contributed by atoms with E-state index in [0.29, 0.717) is 0 Å². The van der Waals surface area contributed by atoms with Gasteiger partial charge in [0.2, 0.25) is 0 Å². The summed E-state index contributed by atoms with van der Waals surface area (Å²) in [6.07, 6.45) is 39.6. The predicted octanol–water partition coefficient (Wildman–Crippen LogP) is 17.1. The van der Waals surface area contributed by atoms with E-state index in [2.05, 4.69) is 62.3 Å². The molecular formula is C52H96. The van der Waals surface area contributed by atoms with Crippen molar-refractivity contribution in [2.24, 2.45) is 86.8 Å². The van der Waals surface area contributed by atoms with Crippen LogP contribution in [0.1, 0.15) is 243 Å². The summed E-state index contributed by atoms with van der Waals surface area (Å²) in [5.74, 6) is 11.9. The molecule has 12 saturated carbocycles. The molecule has 8 bridgehead atoms. The third-order valence-corrected chi connectivity index (χ3v) is 18.2. The zero-order valence-corrected chi connectivity index (χ0v) is 37.7. The summed E-state index contributed by atoms with van der Waals surface area (Å²) in [5, 5.41) is 0. The molecule has 7 unspecified atom stereocenters. The summed E-state index contributed by atoms with van der Waals surface area (Å²) in [4.78, 5) is 0. The Labute approximate surface area is 328 Å². The number of hydrogen-bond acceptors (Lipinski definition) is 0. The van der Waals surface area contributed by atoms with E-state index in [1.807, 2.05) is 13.8 Å². The molecule has 12 fully saturated rings. The molecule has 0 aliphatic heterocycles. The summed E-state index contributed by atoms with van der Waals surface area (Å²) in [5.41, 5.74) is 3.05. The third-order valence-electron chi connectivity index (χ3n) is 18.2. The fraction of sp³-hybridized carbons (Fsp3) is 1.00. The summed E-state index contributed by atoms with van der Waals surface area (Å²) in [6.45, 7) is 26.1. The average molecular weight is 721 g/mol. The average Bonchev–Trinajstić information content (AvgIpc) is 3.71. The predicted molar refractivity (Wildman–Crippen MR) is 231 cm³/mol. The van der Waals surface area contributed by atoms with Crippen LogP contribution in [0, 0.1) is 86.8 Å². The molecule has 304 valence electrons. The van der Waals surface area contributed by atoms with Crippen LogP contribution in [0.3, 0.4) is 0 Å². The molecule has 0 nitrogen and oxygen atoms in total. The first-order valence-corrected chi connectivity index (χ1v) is 24.6. The van der Waals surface area contributed by atoms with Gasteiger partial charge in [-0.15, -0.1) is 0 Å². The van der Waals surface area contributed by atoms with E-state index in [1.165, 1.54) is 109 Å². The standard InChI is InChI=1S/C12H20.C12H22.C10H18.C8H14.C8H16.C2H6/c1-11-4-9-3-10(5-11)7-12(2,6-9)8-11;1-9-3-5-12-8-10(2)4-6-11(12)7-9;1-9-3-6-10(2,7-4-9)8-5-9;1-6-4-7-2-3-8(6)5-7;1-7-3-5-8(2)6-4-7;1-2/h9-10H,3-8H2,1-2H3;9-12H,3-8H2,1-2H3;3-8H2,1-2H3;6-8H,2-5H2,1H3;7-8H,3-6H2,1-2H3;1-2H3. The van der Waals surface area contributed by atoms with E-state index >= 15 is 0 Å². The molecule has 0 N–H and O–H groups in total. The highest BCUT2D eigenvalue weighted by atomic mass is 14.6. The molecule has 0 heteroatoms. The minimum Gasteiger partial charge on any atom is -0.0683 e. The van der Waals surface area contributed by atoms with Crippen molar-refractivity contribution in [1.82, 2.24) is 0 Å². The van der Waals surface area contributed by atoms with E-state index in [-0.39, 0.29) is 0 Å². The van der Waals surface area contributed by atoms with Gasteiger partial charge in [-0.25, -0.2) is 0 Å². The van der Waals surface area contributed by atoms with Crippen molar-refractivity contribution in [3.05, 3.63) is 0 Å². The van der Waals surface area contributed by atoms with Crippen molar-refractivity contribution in [2.75, 3.05) is 0 Å². The number of rotatable bonds is 0. The fourth-order valence-corrected chi connectivity index (χ4v) is 15.1. The van der Waals surface area contributed by atoms with Gasteiger partial charge in [0.25, 0.3) is 0 Å². The van der Waals surface area contributed by atoms with Crippen LogP contribution in [-0.4, -0.2) is 0 Å². The largest absolute Gasteiger partial charge is 0.0683 e. The second kappa shape index (κ2) is 18.5. The molecule has 52 heavy (non-hydrogen) atoms. The van der Waals surface area contributed by atoms with Gasteiger partial charge in [0, 0.05) is 0 Å². The van der Waals surface area contributed by atoms with Gasteiger partial charge in [0.05, 0.1) is 0 Å². The Kier molecular flexibility index (Phi) is 15.4. The highest BCUT2D eigenvalue weighted by molar-refractivity contribution is 5.04. The van der Waals surface area contributed by atoms with Crippen LogP contribution in [0.5, 0.6) is 0 Å². The Morgan fingerprint density at radius 2 is 0.692 bits per heavy atom. The van der Waals surface area contributed by atoms with Crippen molar-refractivity contribution in [3.8, 4) is 0 Å². The van der Waals surface area contributed by atoms with E-state index in [4.69, 9.17) is 0 Å². The summed E-state index contributed by atoms with van der Waals surface area (Å²) in [7, 11) is 0. The Balaban J connectivity index is 0.000000125. The maximum absolute atomic E-state index is 2.54. The molecule has 0 aromatic rings. The zero-order chi connectivity index (χ0) is 37.7. The van der Waals surface area contributed by atoms with Gasteiger partial charge in [-0.3, -0.25) is 0 Å². The van der Waals surface area contributed by atoms with Gasteiger partial charge in [-0.1, -0.05) is 121 Å². The molecule has 0 aromatic heterocycles. The number of hydrogen-bond donors (Lipinski definition) is 0. The zero-order valence-electron chi connectivity index (χ0n) is 37.7. The molecule has 0 saturated heterocycles. The Morgan fingerprint density at radius 3 is 0.981 bits per heavy atom. The van der Waals surface area contributed by atoms with E-state index in [0.717, 1.165) is 86.8 Å². The summed E-state index contributed by atoms with van der Waals surface area (Å²) < 4.78 is 0. The van der Waals surface area contributed by atoms with Crippen LogP contribution in [0.2, 0.25) is 0 Å². The minimum atomic E-state index is 0.762. The molecular weight excluding hydrogens is 625 g/mol. The lowest BCUT2D eigenvalue weighted by atomic mass is 9.45. The SMILES string of the molecule is CC.CC12CC3CC(C1)CC(C)(C3)C2.CC12CCC(C)(CC1)CC2.CC1CC2CCC1C2.CC1CCC(C)CC1.CC1CCC2CC(C)CCC2C1. The Hall–Kier alpha value is 0. The van der Waals surface area contributed by atoms with Crippen molar-refractivity contribution < 1.29 is 0 Å². The molecule has 12 aliphatic rings. The topological polar surface area (TPSA) is 0 Å². The van der Waals surface area contributed by atoms with Crippen LogP contribution < -0.4 is 0 Å². The second-order valence-electron chi connectivity index (χ2n) is 24.1. The molecule has 0 amide bonds. The molecule has 12 aliphatic carbocycles. The fourth-order valence-electron chi connectivity index (χ4n) is 15.1. The summed E-state index contributed by atoms with van der Waals surface area (Å²) >= 11 is 0. The van der Waals surface area contributed by atoms with Crippen LogP contribution in [-0.2, 0) is 0 Å². The monoisotopic (exact) mass is 721 g/mol. The first-order chi connectivity index (χ1) is 24.6. The third kappa shape index (κ3) is 12.0. The van der Waals surface area contributed by atoms with Gasteiger partial charge in [0.15, 0.2) is 0 Å². The lowest BCUT2D eigenvalue weighted by Gasteiger charge is -2.60. The van der Waals surface area contributed by atoms with Crippen LogP contribution >= 0.6 is 0 Å². The van der Waals surface area contributed by atoms with Crippen LogP contribution in [0.4, 0.5) is 0 Å². The Morgan fingerprint density at radius 1 is 0.327 bits per heavy atom. The quantitative estimate of drug-likeness (QED) is 0.234. The second-order valence-corrected chi connectivity index (χ2v) is 24.1. The van der Waals surface area contributed by atoms with Crippen LogP contribution in [0.15, 0.2) is 0 Å². The minimum absolute atomic E-state index is 0.762. The summed E-state index contributed by atoms with van der Waals surface area (Å²) in [6, 6.07) is 0. The maximum Gasteiger partial charge on any atom is -0.0315 e. The lowest BCUT2D eigenvalue weighted by molar-refractivity contribution is -0.0920. The molecule has 7 atom stereocenters. The highest BCUT2D eigenvalue weighted by Gasteiger charge is 2.53. The normalized spacial score (nSPS) is 50.2. The van der Waals surface area contributed by atoms with E-state index < -0.39 is 0 Å². The van der Waals surface area contributed by atoms with Crippen molar-refractivity contribution in [2.45, 2.75) is 243 Å². The van der Waals surface area contributed by atoms with E-state index in [9.17, 15) is 0 Å². The Bertz CT molecular complexity index is 936. The van der Waals surface area contributed by atoms with Gasteiger partial charge < -0.3 is 0 Å². The van der Waals surface area contributed by atoms with Crippen molar-refractivity contribution >= 4 is 0 Å². The molecule has 12 rings (SSSR count). The molecule has 0 radical (unpaired) electrons. The smallest absolute Gasteiger partial charge is 0.0315 e. The molecule has 0 heterocycles. The first kappa shape index (κ1) is 43.1. The van der Waals surface area contributed by atoms with Crippen molar-refractivity contribution in [3.63, 3.8) is 0 Å². The number of fused-ring (bicyclic) bond motifs is 6. The lowest BCUT2D eigenvalue weighted by Crippen LogP contribution is -2.49. The first-order valence-electron chi connectivity index (χ1n) is 24.6. The van der Waals surface area contributed by atoms with Crippen LogP contribution in [0.25, 0.3) is 0 Å². The van der Waals surface area contributed by atoms with Crippen molar-refractivity contribution in [1.29, 1.82) is 0 Å². The maximum atomic E-state index is 2.54. The molecule has 0 spiro atoms. The van der Waals surface area contributed by atoms with Gasteiger partial charge in [-0.05, 0) is 209 Å².